The minimum absolute atomic E-state index is 0.00856. The van der Waals surface area contributed by atoms with E-state index in [4.69, 9.17) is 4.74 Å². The fraction of sp³-hybridized carbons (Fsp3) is 0.500. The summed E-state index contributed by atoms with van der Waals surface area (Å²) in [5.74, 6) is 0.392. The van der Waals surface area contributed by atoms with Crippen LogP contribution in [-0.4, -0.2) is 41.0 Å². The molecule has 1 heterocycles. The predicted octanol–water partition coefficient (Wildman–Crippen LogP) is 0.551. The van der Waals surface area contributed by atoms with Gasteiger partial charge in [-0.25, -0.2) is 21.6 Å². The Morgan fingerprint density at radius 2 is 1.85 bits per heavy atom. The van der Waals surface area contributed by atoms with E-state index in [1.54, 1.807) is 19.1 Å². The fourth-order valence-corrected chi connectivity index (χ4v) is 5.85. The molecule has 0 amide bonds. The van der Waals surface area contributed by atoms with Crippen molar-refractivity contribution in [1.29, 1.82) is 0 Å². The van der Waals surface area contributed by atoms with Crippen molar-refractivity contribution in [2.24, 2.45) is 0 Å². The summed E-state index contributed by atoms with van der Waals surface area (Å²) in [6, 6.07) is 5.94. The highest BCUT2D eigenvalue weighted by Gasteiger charge is 2.41. The fourth-order valence-electron chi connectivity index (χ4n) is 2.23. The third-order valence-electron chi connectivity index (χ3n) is 3.25. The first-order valence-corrected chi connectivity index (χ1v) is 9.35. The van der Waals surface area contributed by atoms with Gasteiger partial charge in [-0.05, 0) is 37.6 Å². The molecule has 6 nitrogen and oxygen atoms in total. The smallest absolute Gasteiger partial charge is 0.241 e. The van der Waals surface area contributed by atoms with Crippen molar-refractivity contribution in [2.75, 3.05) is 18.6 Å². The average Bonchev–Trinajstić information content (AvgIpc) is 2.62. The second-order valence-corrected chi connectivity index (χ2v) is 9.05. The highest BCUT2D eigenvalue weighted by Crippen LogP contribution is 2.25. The molecule has 0 spiro atoms. The van der Waals surface area contributed by atoms with Crippen LogP contribution in [-0.2, 0) is 19.9 Å². The van der Waals surface area contributed by atoms with Gasteiger partial charge in [-0.3, -0.25) is 0 Å². The first kappa shape index (κ1) is 15.3. The van der Waals surface area contributed by atoms with Gasteiger partial charge in [0.2, 0.25) is 10.0 Å². The van der Waals surface area contributed by atoms with Crippen LogP contribution >= 0.6 is 0 Å². The summed E-state index contributed by atoms with van der Waals surface area (Å²) in [5.41, 5.74) is -0.947. The summed E-state index contributed by atoms with van der Waals surface area (Å²) in [4.78, 5) is 0.0869. The van der Waals surface area contributed by atoms with Gasteiger partial charge in [-0.1, -0.05) is 0 Å². The number of benzene rings is 1. The molecule has 20 heavy (non-hydrogen) atoms. The lowest BCUT2D eigenvalue weighted by atomic mass is 10.0. The lowest BCUT2D eigenvalue weighted by Gasteiger charge is -2.23. The Kier molecular flexibility index (Phi) is 3.83. The SMILES string of the molecule is COc1ccc(S(=O)(=O)N[C@@]2(C)CCS(=O)(=O)C2)cc1. The van der Waals surface area contributed by atoms with Crippen molar-refractivity contribution in [2.45, 2.75) is 23.8 Å². The molecule has 0 aliphatic carbocycles. The van der Waals surface area contributed by atoms with Gasteiger partial charge in [-0.2, -0.15) is 0 Å². The third kappa shape index (κ3) is 3.31. The Hall–Kier alpha value is -1.12. The minimum atomic E-state index is -3.75. The maximum atomic E-state index is 12.3. The molecule has 1 aliphatic rings. The van der Waals surface area contributed by atoms with E-state index in [-0.39, 0.29) is 22.8 Å². The maximum Gasteiger partial charge on any atom is 0.241 e. The van der Waals surface area contributed by atoms with Crippen LogP contribution in [0.4, 0.5) is 0 Å². The number of sulfonamides is 1. The Labute approximate surface area is 119 Å². The van der Waals surface area contributed by atoms with E-state index in [2.05, 4.69) is 4.72 Å². The molecule has 1 N–H and O–H groups in total. The molecule has 0 saturated carbocycles. The lowest BCUT2D eigenvalue weighted by Crippen LogP contribution is -2.46. The van der Waals surface area contributed by atoms with Crippen LogP contribution in [0.3, 0.4) is 0 Å². The summed E-state index contributed by atoms with van der Waals surface area (Å²) in [6.45, 7) is 1.61. The largest absolute Gasteiger partial charge is 0.497 e. The van der Waals surface area contributed by atoms with E-state index in [9.17, 15) is 16.8 Å². The van der Waals surface area contributed by atoms with Crippen LogP contribution in [0, 0.1) is 0 Å². The Bertz CT molecular complexity index is 694. The Morgan fingerprint density at radius 1 is 1.25 bits per heavy atom. The summed E-state index contributed by atoms with van der Waals surface area (Å²) < 4.78 is 55.0. The number of nitrogens with one attached hydrogen (secondary N) is 1. The number of ether oxygens (including phenoxy) is 1. The summed E-state index contributed by atoms with van der Waals surface area (Å²) in [7, 11) is -5.42. The van der Waals surface area contributed by atoms with Crippen LogP contribution in [0.25, 0.3) is 0 Å². The standard InChI is InChI=1S/C12H17NO5S2/c1-12(7-8-19(14,15)9-12)13-20(16,17)11-5-3-10(18-2)4-6-11/h3-6,13H,7-9H2,1-2H3/t12-/m0/s1. The Balaban J connectivity index is 2.23. The molecular formula is C12H17NO5S2. The topological polar surface area (TPSA) is 89.5 Å². The number of sulfone groups is 1. The summed E-state index contributed by atoms with van der Waals surface area (Å²) >= 11 is 0. The zero-order valence-corrected chi connectivity index (χ0v) is 12.9. The minimum Gasteiger partial charge on any atom is -0.497 e. The molecule has 0 radical (unpaired) electrons. The highest BCUT2D eigenvalue weighted by molar-refractivity contribution is 7.92. The number of methoxy groups -OCH3 is 1. The maximum absolute atomic E-state index is 12.3. The Morgan fingerprint density at radius 3 is 2.30 bits per heavy atom. The van der Waals surface area contributed by atoms with Gasteiger partial charge < -0.3 is 4.74 Å². The van der Waals surface area contributed by atoms with Crippen LogP contribution in [0.1, 0.15) is 13.3 Å². The monoisotopic (exact) mass is 319 g/mol. The quantitative estimate of drug-likeness (QED) is 0.875. The molecule has 112 valence electrons. The van der Waals surface area contributed by atoms with Crippen molar-refractivity contribution >= 4 is 19.9 Å². The van der Waals surface area contributed by atoms with Crippen LogP contribution < -0.4 is 9.46 Å². The zero-order chi connectivity index (χ0) is 15.0. The van der Waals surface area contributed by atoms with Gasteiger partial charge in [0.1, 0.15) is 5.75 Å². The van der Waals surface area contributed by atoms with E-state index in [1.807, 2.05) is 0 Å². The van der Waals surface area contributed by atoms with E-state index < -0.39 is 25.4 Å². The molecule has 0 unspecified atom stereocenters. The molecule has 8 heteroatoms. The molecule has 1 atom stereocenters. The number of rotatable bonds is 4. The first-order chi connectivity index (χ1) is 9.16. The highest BCUT2D eigenvalue weighted by atomic mass is 32.2. The first-order valence-electron chi connectivity index (χ1n) is 6.04. The molecule has 1 fully saturated rings. The number of hydrogen-bond acceptors (Lipinski definition) is 5. The van der Waals surface area contributed by atoms with Crippen molar-refractivity contribution in [3.05, 3.63) is 24.3 Å². The summed E-state index contributed by atoms with van der Waals surface area (Å²) in [6.07, 6.45) is 0.282. The lowest BCUT2D eigenvalue weighted by molar-refractivity contribution is 0.414. The third-order valence-corrected chi connectivity index (χ3v) is 6.81. The molecule has 0 aromatic heterocycles. The molecule has 1 aromatic rings. The molecule has 1 saturated heterocycles. The second kappa shape index (κ2) is 5.01. The second-order valence-electron chi connectivity index (χ2n) is 5.18. The molecular weight excluding hydrogens is 302 g/mol. The summed E-state index contributed by atoms with van der Waals surface area (Å²) in [5, 5.41) is 0. The van der Waals surface area contributed by atoms with Crippen molar-refractivity contribution in [1.82, 2.24) is 4.72 Å². The predicted molar refractivity (Wildman–Crippen MR) is 75.0 cm³/mol. The van der Waals surface area contributed by atoms with Crippen LogP contribution in [0.5, 0.6) is 5.75 Å². The van der Waals surface area contributed by atoms with Crippen molar-refractivity contribution < 1.29 is 21.6 Å². The van der Waals surface area contributed by atoms with Gasteiger partial charge in [-0.15, -0.1) is 0 Å². The van der Waals surface area contributed by atoms with Crippen LogP contribution in [0.15, 0.2) is 29.2 Å². The molecule has 0 bridgehead atoms. The normalized spacial score (nSPS) is 25.5. The van der Waals surface area contributed by atoms with Crippen molar-refractivity contribution in [3.8, 4) is 5.75 Å². The molecule has 1 aromatic carbocycles. The van der Waals surface area contributed by atoms with E-state index in [0.717, 1.165) is 0 Å². The molecule has 1 aliphatic heterocycles. The van der Waals surface area contributed by atoms with Gasteiger partial charge in [0, 0.05) is 5.54 Å². The van der Waals surface area contributed by atoms with E-state index >= 15 is 0 Å². The van der Waals surface area contributed by atoms with Crippen molar-refractivity contribution in [3.63, 3.8) is 0 Å². The van der Waals surface area contributed by atoms with Gasteiger partial charge in [0.05, 0.1) is 23.5 Å². The number of hydrogen-bond donors (Lipinski definition) is 1. The van der Waals surface area contributed by atoms with Gasteiger partial charge in [0.25, 0.3) is 0 Å². The van der Waals surface area contributed by atoms with E-state index in [1.165, 1.54) is 19.2 Å². The van der Waals surface area contributed by atoms with Crippen LogP contribution in [0.2, 0.25) is 0 Å². The van der Waals surface area contributed by atoms with Gasteiger partial charge in [0.15, 0.2) is 9.84 Å². The van der Waals surface area contributed by atoms with E-state index in [0.29, 0.717) is 5.75 Å². The zero-order valence-electron chi connectivity index (χ0n) is 11.3. The average molecular weight is 319 g/mol. The van der Waals surface area contributed by atoms with Gasteiger partial charge >= 0.3 is 0 Å². The molecule has 2 rings (SSSR count).